The lowest BCUT2D eigenvalue weighted by atomic mass is 10.2. The number of carbonyl (C=O) groups is 1. The highest BCUT2D eigenvalue weighted by Crippen LogP contribution is 2.10. The number of aliphatic hydroxyl groups excluding tert-OH is 1. The van der Waals surface area contributed by atoms with Gasteiger partial charge in [-0.15, -0.1) is 0 Å². The van der Waals surface area contributed by atoms with E-state index in [1.807, 2.05) is 13.8 Å². The van der Waals surface area contributed by atoms with Gasteiger partial charge in [0.05, 0.1) is 0 Å². The van der Waals surface area contributed by atoms with Gasteiger partial charge in [0.15, 0.2) is 0 Å². The molecule has 0 aromatic carbocycles. The summed E-state index contributed by atoms with van der Waals surface area (Å²) in [7, 11) is 0. The number of carbonyl (C=O) groups excluding carboxylic acids is 1. The molecule has 1 heterocycles. The van der Waals surface area contributed by atoms with E-state index in [1.54, 1.807) is 18.0 Å². The van der Waals surface area contributed by atoms with E-state index in [2.05, 4.69) is 5.32 Å². The number of hydrogen-bond acceptors (Lipinski definition) is 3. The van der Waals surface area contributed by atoms with E-state index >= 15 is 0 Å². The molecule has 0 fully saturated rings. The minimum atomic E-state index is -0.888. The van der Waals surface area contributed by atoms with Gasteiger partial charge >= 0.3 is 0 Å². The molecule has 1 unspecified atom stereocenters. The van der Waals surface area contributed by atoms with Crippen LogP contribution in [0.5, 0.6) is 0 Å². The maximum absolute atomic E-state index is 11.0. The summed E-state index contributed by atoms with van der Waals surface area (Å²) in [6, 6.07) is 0.176. The van der Waals surface area contributed by atoms with Gasteiger partial charge in [0.25, 0.3) is 5.91 Å². The average Bonchev–Trinajstić information content (AvgIpc) is 1.96. The van der Waals surface area contributed by atoms with Crippen molar-refractivity contribution in [3.05, 3.63) is 11.8 Å². The third-order valence-electron chi connectivity index (χ3n) is 1.84. The molecule has 0 spiro atoms. The van der Waals surface area contributed by atoms with Gasteiger partial charge < -0.3 is 15.3 Å². The molecule has 1 aliphatic rings. The van der Waals surface area contributed by atoms with Crippen LogP contribution in [0.2, 0.25) is 0 Å². The van der Waals surface area contributed by atoms with Gasteiger partial charge in [0.2, 0.25) is 6.35 Å². The number of amides is 1. The molecule has 12 heavy (non-hydrogen) atoms. The highest BCUT2D eigenvalue weighted by Gasteiger charge is 2.23. The third-order valence-corrected chi connectivity index (χ3v) is 1.84. The minimum Gasteiger partial charge on any atom is -0.356 e. The Morgan fingerprint density at radius 3 is 2.75 bits per heavy atom. The predicted octanol–water partition coefficient (Wildman–Crippen LogP) is 0.00630. The molecule has 2 N–H and O–H groups in total. The van der Waals surface area contributed by atoms with Crippen molar-refractivity contribution in [1.29, 1.82) is 0 Å². The van der Waals surface area contributed by atoms with E-state index in [4.69, 9.17) is 0 Å². The molecule has 4 nitrogen and oxygen atoms in total. The standard InChI is InChI=1S/C8H14N2O2/c1-5(2)10-4-6(3)7(11)9-8(10)12/h4-5,8,12H,1-3H3,(H,9,11). The van der Waals surface area contributed by atoms with Crippen molar-refractivity contribution in [1.82, 2.24) is 10.2 Å². The van der Waals surface area contributed by atoms with Crippen LogP contribution < -0.4 is 5.32 Å². The van der Waals surface area contributed by atoms with Crippen molar-refractivity contribution in [2.45, 2.75) is 33.2 Å². The van der Waals surface area contributed by atoms with Gasteiger partial charge in [-0.25, -0.2) is 0 Å². The van der Waals surface area contributed by atoms with Crippen molar-refractivity contribution in [3.63, 3.8) is 0 Å². The van der Waals surface area contributed by atoms with E-state index in [9.17, 15) is 9.90 Å². The SMILES string of the molecule is CC1=CN(C(C)C)C(O)NC1=O. The molecule has 0 saturated heterocycles. The zero-order chi connectivity index (χ0) is 9.30. The van der Waals surface area contributed by atoms with Crippen LogP contribution in [-0.2, 0) is 4.79 Å². The average molecular weight is 170 g/mol. The van der Waals surface area contributed by atoms with Crippen LogP contribution in [0.15, 0.2) is 11.8 Å². The summed E-state index contributed by atoms with van der Waals surface area (Å²) in [5.41, 5.74) is 0.619. The molecular formula is C8H14N2O2. The molecule has 0 bridgehead atoms. The lowest BCUT2D eigenvalue weighted by Gasteiger charge is -2.34. The number of aliphatic hydroxyl groups is 1. The van der Waals surface area contributed by atoms with Crippen LogP contribution in [0.4, 0.5) is 0 Å². The minimum absolute atomic E-state index is 0.176. The lowest BCUT2D eigenvalue weighted by Crippen LogP contribution is -2.52. The lowest BCUT2D eigenvalue weighted by molar-refractivity contribution is -0.126. The molecule has 68 valence electrons. The summed E-state index contributed by atoms with van der Waals surface area (Å²) in [6.45, 7) is 5.62. The van der Waals surface area contributed by atoms with Crippen LogP contribution in [0.3, 0.4) is 0 Å². The fraction of sp³-hybridized carbons (Fsp3) is 0.625. The summed E-state index contributed by atoms with van der Waals surface area (Å²) >= 11 is 0. The predicted molar refractivity (Wildman–Crippen MR) is 44.9 cm³/mol. The Morgan fingerprint density at radius 1 is 1.67 bits per heavy atom. The van der Waals surface area contributed by atoms with Crippen LogP contribution in [0.25, 0.3) is 0 Å². The summed E-state index contributed by atoms with van der Waals surface area (Å²) in [6.07, 6.45) is 0.787. The van der Waals surface area contributed by atoms with Gasteiger partial charge in [0, 0.05) is 17.8 Å². The molecule has 0 aromatic heterocycles. The first-order valence-corrected chi connectivity index (χ1v) is 3.97. The van der Waals surface area contributed by atoms with E-state index in [1.165, 1.54) is 0 Å². The molecule has 0 aliphatic carbocycles. The van der Waals surface area contributed by atoms with Crippen molar-refractivity contribution in [2.75, 3.05) is 0 Å². The van der Waals surface area contributed by atoms with Gasteiger partial charge in [-0.3, -0.25) is 4.79 Å². The largest absolute Gasteiger partial charge is 0.356 e. The van der Waals surface area contributed by atoms with Crippen molar-refractivity contribution in [2.24, 2.45) is 0 Å². The highest BCUT2D eigenvalue weighted by molar-refractivity contribution is 5.93. The molecule has 1 aliphatic heterocycles. The van der Waals surface area contributed by atoms with E-state index < -0.39 is 6.35 Å². The molecule has 0 radical (unpaired) electrons. The third kappa shape index (κ3) is 1.58. The molecule has 1 amide bonds. The summed E-state index contributed by atoms with van der Waals surface area (Å²) in [5, 5.41) is 11.8. The second-order valence-corrected chi connectivity index (χ2v) is 3.20. The van der Waals surface area contributed by atoms with E-state index in [0.717, 1.165) is 0 Å². The zero-order valence-corrected chi connectivity index (χ0v) is 7.53. The quantitative estimate of drug-likeness (QED) is 0.582. The van der Waals surface area contributed by atoms with Crippen LogP contribution >= 0.6 is 0 Å². The van der Waals surface area contributed by atoms with Gasteiger partial charge in [-0.2, -0.15) is 0 Å². The Labute approximate surface area is 71.9 Å². The summed E-state index contributed by atoms with van der Waals surface area (Å²) in [4.78, 5) is 12.7. The van der Waals surface area contributed by atoms with Gasteiger partial charge in [0.1, 0.15) is 0 Å². The van der Waals surface area contributed by atoms with E-state index in [-0.39, 0.29) is 11.9 Å². The van der Waals surface area contributed by atoms with Gasteiger partial charge in [-0.05, 0) is 20.8 Å². The first kappa shape index (κ1) is 9.06. The van der Waals surface area contributed by atoms with Gasteiger partial charge in [-0.1, -0.05) is 0 Å². The van der Waals surface area contributed by atoms with Crippen molar-refractivity contribution < 1.29 is 9.90 Å². The Morgan fingerprint density at radius 2 is 2.25 bits per heavy atom. The summed E-state index contributed by atoms with van der Waals surface area (Å²) < 4.78 is 0. The van der Waals surface area contributed by atoms with Crippen molar-refractivity contribution in [3.8, 4) is 0 Å². The monoisotopic (exact) mass is 170 g/mol. The Kier molecular flexibility index (Phi) is 2.38. The molecule has 0 saturated carbocycles. The number of hydrogen-bond donors (Lipinski definition) is 2. The normalized spacial score (nSPS) is 24.1. The summed E-state index contributed by atoms with van der Waals surface area (Å²) in [5.74, 6) is -0.209. The topological polar surface area (TPSA) is 52.6 Å². The molecule has 4 heteroatoms. The highest BCUT2D eigenvalue weighted by atomic mass is 16.3. The molecule has 1 atom stereocenters. The van der Waals surface area contributed by atoms with Crippen molar-refractivity contribution >= 4 is 5.91 Å². The fourth-order valence-corrected chi connectivity index (χ4v) is 1.09. The fourth-order valence-electron chi connectivity index (χ4n) is 1.09. The molecule has 1 rings (SSSR count). The maximum atomic E-state index is 11.0. The number of rotatable bonds is 1. The Hall–Kier alpha value is -1.03. The number of nitrogens with zero attached hydrogens (tertiary/aromatic N) is 1. The van der Waals surface area contributed by atoms with E-state index in [0.29, 0.717) is 5.57 Å². The Bertz CT molecular complexity index is 223. The molecule has 0 aromatic rings. The second kappa shape index (κ2) is 3.15. The second-order valence-electron chi connectivity index (χ2n) is 3.20. The smallest absolute Gasteiger partial charge is 0.251 e. The first-order valence-electron chi connectivity index (χ1n) is 3.97. The first-order chi connectivity index (χ1) is 5.52. The zero-order valence-electron chi connectivity index (χ0n) is 7.53. The van der Waals surface area contributed by atoms with Crippen LogP contribution in [0, 0.1) is 0 Å². The number of nitrogens with one attached hydrogen (secondary N) is 1. The van der Waals surface area contributed by atoms with Crippen LogP contribution in [0.1, 0.15) is 20.8 Å². The molecular weight excluding hydrogens is 156 g/mol. The Balaban J connectivity index is 2.83. The maximum Gasteiger partial charge on any atom is 0.251 e. The van der Waals surface area contributed by atoms with Crippen LogP contribution in [-0.4, -0.2) is 28.3 Å².